The minimum atomic E-state index is -4.48. The number of aliphatic hydroxyl groups is 1. The van der Waals surface area contributed by atoms with Crippen LogP contribution in [-0.4, -0.2) is 36.7 Å². The van der Waals surface area contributed by atoms with Gasteiger partial charge in [-0.1, -0.05) is 12.1 Å². The Hall–Kier alpha value is -3.33. The van der Waals surface area contributed by atoms with Crippen molar-refractivity contribution in [3.05, 3.63) is 70.9 Å². The molecular weight excluding hydrogens is 425 g/mol. The molecule has 2 amide bonds. The highest BCUT2D eigenvalue weighted by Crippen LogP contribution is 2.30. The van der Waals surface area contributed by atoms with E-state index in [2.05, 4.69) is 10.6 Å². The number of alkyl halides is 3. The highest BCUT2D eigenvalue weighted by molar-refractivity contribution is 6.05. The fourth-order valence-electron chi connectivity index (χ4n) is 2.75. The van der Waals surface area contributed by atoms with E-state index in [1.165, 1.54) is 18.2 Å². The molecule has 0 aliphatic heterocycles. The van der Waals surface area contributed by atoms with Gasteiger partial charge in [-0.05, 0) is 66.8 Å². The summed E-state index contributed by atoms with van der Waals surface area (Å²) in [6.45, 7) is 0.276. The smallest absolute Gasteiger partial charge is 0.416 e. The van der Waals surface area contributed by atoms with Gasteiger partial charge in [-0.15, -0.1) is 0 Å². The van der Waals surface area contributed by atoms with E-state index in [1.807, 2.05) is 0 Å². The molecule has 0 bridgehead atoms. The third-order valence-corrected chi connectivity index (χ3v) is 4.74. The zero-order valence-corrected chi connectivity index (χ0v) is 17.1. The molecule has 0 spiro atoms. The molecule has 0 unspecified atom stereocenters. The molecule has 9 heteroatoms. The lowest BCUT2D eigenvalue weighted by atomic mass is 10.1. The van der Waals surface area contributed by atoms with E-state index >= 15 is 0 Å². The summed E-state index contributed by atoms with van der Waals surface area (Å²) in [5.41, 5.74) is -0.431. The largest absolute Gasteiger partial charge is 0.493 e. The number of ether oxygens (including phenoxy) is 1. The average molecular weight is 448 g/mol. The molecule has 0 saturated heterocycles. The Bertz CT molecular complexity index is 966. The number of benzene rings is 2. The number of aliphatic hydroxyl groups excluding tert-OH is 1. The van der Waals surface area contributed by atoms with Crippen LogP contribution in [0.15, 0.2) is 54.2 Å². The van der Waals surface area contributed by atoms with Crippen molar-refractivity contribution in [2.75, 3.05) is 19.8 Å². The lowest BCUT2D eigenvalue weighted by Gasteiger charge is -2.12. The molecule has 2 aromatic carbocycles. The Morgan fingerprint density at radius 2 is 1.72 bits per heavy atom. The summed E-state index contributed by atoms with van der Waals surface area (Å²) in [6.07, 6.45) is -0.899. The molecule has 0 aromatic heterocycles. The summed E-state index contributed by atoms with van der Waals surface area (Å²) in [5, 5.41) is 13.8. The van der Waals surface area contributed by atoms with Crippen LogP contribution >= 0.6 is 0 Å². The molecule has 3 N–H and O–H groups in total. The second kappa shape index (κ2) is 10.3. The number of nitrogens with one attached hydrogen (secondary N) is 2. The van der Waals surface area contributed by atoms with Gasteiger partial charge in [-0.2, -0.15) is 13.2 Å². The summed E-state index contributed by atoms with van der Waals surface area (Å²) in [4.78, 5) is 25.0. The van der Waals surface area contributed by atoms with Gasteiger partial charge in [-0.3, -0.25) is 9.59 Å². The van der Waals surface area contributed by atoms with E-state index in [0.717, 1.165) is 25.0 Å². The van der Waals surface area contributed by atoms with Gasteiger partial charge in [0.15, 0.2) is 0 Å². The normalized spacial score (nSPS) is 14.1. The van der Waals surface area contributed by atoms with Gasteiger partial charge in [0.2, 0.25) is 0 Å². The fraction of sp³-hybridized carbons (Fsp3) is 0.304. The molecule has 1 fully saturated rings. The van der Waals surface area contributed by atoms with Gasteiger partial charge in [0.25, 0.3) is 11.8 Å². The van der Waals surface area contributed by atoms with E-state index in [0.29, 0.717) is 18.3 Å². The maximum Gasteiger partial charge on any atom is 0.416 e. The first-order valence-corrected chi connectivity index (χ1v) is 10.1. The molecule has 1 aliphatic carbocycles. The lowest BCUT2D eigenvalue weighted by molar-refractivity contribution is -0.137. The molecular formula is C23H23F3N2O4. The molecule has 6 nitrogen and oxygen atoms in total. The summed E-state index contributed by atoms with van der Waals surface area (Å²) >= 11 is 0. The van der Waals surface area contributed by atoms with E-state index in [1.54, 1.807) is 24.3 Å². The monoisotopic (exact) mass is 448 g/mol. The number of hydrogen-bond donors (Lipinski definition) is 3. The first-order chi connectivity index (χ1) is 15.3. The number of carbonyl (C=O) groups is 2. The minimum Gasteiger partial charge on any atom is -0.493 e. The molecule has 1 saturated carbocycles. The molecule has 0 radical (unpaired) electrons. The van der Waals surface area contributed by atoms with Gasteiger partial charge in [-0.25, -0.2) is 0 Å². The maximum atomic E-state index is 12.8. The van der Waals surface area contributed by atoms with E-state index < -0.39 is 23.6 Å². The van der Waals surface area contributed by atoms with Crippen LogP contribution in [0.1, 0.15) is 34.3 Å². The van der Waals surface area contributed by atoms with Gasteiger partial charge in [0, 0.05) is 12.1 Å². The van der Waals surface area contributed by atoms with Gasteiger partial charge in [0.05, 0.1) is 18.8 Å². The van der Waals surface area contributed by atoms with Crippen LogP contribution in [0, 0.1) is 5.92 Å². The second-order valence-corrected chi connectivity index (χ2v) is 7.39. The van der Waals surface area contributed by atoms with Gasteiger partial charge < -0.3 is 20.5 Å². The zero-order chi connectivity index (χ0) is 23.1. The number of amides is 2. The lowest BCUT2D eigenvalue weighted by Crippen LogP contribution is -2.36. The number of hydrogen-bond acceptors (Lipinski definition) is 4. The highest BCUT2D eigenvalue weighted by Gasteiger charge is 2.30. The summed E-state index contributed by atoms with van der Waals surface area (Å²) in [7, 11) is 0. The minimum absolute atomic E-state index is 0.0495. The first-order valence-electron chi connectivity index (χ1n) is 10.1. The molecule has 170 valence electrons. The Morgan fingerprint density at radius 1 is 1.06 bits per heavy atom. The van der Waals surface area contributed by atoms with Crippen LogP contribution in [0.2, 0.25) is 0 Å². The van der Waals surface area contributed by atoms with Crippen molar-refractivity contribution in [2.24, 2.45) is 5.92 Å². The zero-order valence-electron chi connectivity index (χ0n) is 17.1. The standard InChI is InChI=1S/C23H23F3N2O4/c24-23(25,26)18-7-3-15(4-8-18)13-20(22(31)27-11-12-29)28-21(30)17-5-9-19(10-6-17)32-14-16-1-2-16/h3-10,13,16,29H,1-2,11-12,14H2,(H,27,31)(H,28,30)/b20-13-. The topological polar surface area (TPSA) is 87.7 Å². The van der Waals surface area contributed by atoms with E-state index in [9.17, 15) is 22.8 Å². The second-order valence-electron chi connectivity index (χ2n) is 7.39. The first kappa shape index (κ1) is 23.3. The van der Waals surface area contributed by atoms with Crippen molar-refractivity contribution in [3.8, 4) is 5.75 Å². The van der Waals surface area contributed by atoms with Crippen molar-refractivity contribution >= 4 is 17.9 Å². The van der Waals surface area contributed by atoms with Crippen LogP contribution in [0.4, 0.5) is 13.2 Å². The summed E-state index contributed by atoms with van der Waals surface area (Å²) in [5.74, 6) is -0.0318. The molecule has 32 heavy (non-hydrogen) atoms. The van der Waals surface area contributed by atoms with Crippen LogP contribution in [0.5, 0.6) is 5.75 Å². The molecule has 1 aliphatic rings. The molecule has 0 heterocycles. The third kappa shape index (κ3) is 6.84. The Morgan fingerprint density at radius 3 is 2.28 bits per heavy atom. The van der Waals surface area contributed by atoms with Crippen LogP contribution in [0.3, 0.4) is 0 Å². The third-order valence-electron chi connectivity index (χ3n) is 4.74. The van der Waals surface area contributed by atoms with E-state index in [4.69, 9.17) is 9.84 Å². The van der Waals surface area contributed by atoms with Crippen LogP contribution in [-0.2, 0) is 11.0 Å². The van der Waals surface area contributed by atoms with Gasteiger partial charge in [0.1, 0.15) is 11.4 Å². The van der Waals surface area contributed by atoms with Crippen molar-refractivity contribution in [3.63, 3.8) is 0 Å². The SMILES string of the molecule is O=C(NCCO)/C(=C/c1ccc(C(F)(F)F)cc1)NC(=O)c1ccc(OCC2CC2)cc1. The Kier molecular flexibility index (Phi) is 7.53. The van der Waals surface area contributed by atoms with E-state index in [-0.39, 0.29) is 30.0 Å². The average Bonchev–Trinajstić information content (AvgIpc) is 3.60. The molecule has 2 aromatic rings. The van der Waals surface area contributed by atoms with Crippen LogP contribution in [0.25, 0.3) is 6.08 Å². The van der Waals surface area contributed by atoms with Crippen molar-refractivity contribution < 1.29 is 32.6 Å². The van der Waals surface area contributed by atoms with Crippen molar-refractivity contribution in [1.29, 1.82) is 0 Å². The fourth-order valence-corrected chi connectivity index (χ4v) is 2.75. The number of halogens is 3. The number of carbonyl (C=O) groups excluding carboxylic acids is 2. The predicted molar refractivity (Wildman–Crippen MR) is 112 cm³/mol. The van der Waals surface area contributed by atoms with Crippen LogP contribution < -0.4 is 15.4 Å². The maximum absolute atomic E-state index is 12.8. The highest BCUT2D eigenvalue weighted by atomic mass is 19.4. The Balaban J connectivity index is 1.73. The molecule has 0 atom stereocenters. The number of rotatable bonds is 9. The molecule has 3 rings (SSSR count). The Labute approximate surface area is 183 Å². The quantitative estimate of drug-likeness (QED) is 0.514. The predicted octanol–water partition coefficient (Wildman–Crippen LogP) is 3.37. The van der Waals surface area contributed by atoms with Crippen molar-refractivity contribution in [2.45, 2.75) is 19.0 Å². The van der Waals surface area contributed by atoms with Gasteiger partial charge >= 0.3 is 6.18 Å². The summed E-state index contributed by atoms with van der Waals surface area (Å²) in [6, 6.07) is 10.6. The summed E-state index contributed by atoms with van der Waals surface area (Å²) < 4.78 is 43.9. The van der Waals surface area contributed by atoms with Crippen molar-refractivity contribution in [1.82, 2.24) is 10.6 Å².